The van der Waals surface area contributed by atoms with Gasteiger partial charge in [-0.25, -0.2) is 5.43 Å². The van der Waals surface area contributed by atoms with Crippen molar-refractivity contribution < 1.29 is 4.79 Å². The second kappa shape index (κ2) is 8.78. The van der Waals surface area contributed by atoms with Crippen LogP contribution in [-0.2, 0) is 17.8 Å². The number of amides is 1. The Hall–Kier alpha value is -3.66. The molecule has 4 rings (SSSR count). The number of carbonyl (C=O) groups excluding carboxylic acids is 1. The second-order valence-corrected chi connectivity index (χ2v) is 7.61. The summed E-state index contributed by atoms with van der Waals surface area (Å²) in [4.78, 5) is 12.2. The van der Waals surface area contributed by atoms with Gasteiger partial charge in [0.15, 0.2) is 0 Å². The van der Waals surface area contributed by atoms with Gasteiger partial charge in [-0.15, -0.1) is 0 Å². The zero-order valence-electron chi connectivity index (χ0n) is 17.3. The fourth-order valence-corrected chi connectivity index (χ4v) is 3.58. The number of para-hydroxylation sites is 1. The topological polar surface area (TPSA) is 46.4 Å². The van der Waals surface area contributed by atoms with Gasteiger partial charge in [0.25, 0.3) is 0 Å². The van der Waals surface area contributed by atoms with E-state index in [-0.39, 0.29) is 5.91 Å². The highest BCUT2D eigenvalue weighted by atomic mass is 16.2. The lowest BCUT2D eigenvalue weighted by molar-refractivity contribution is -0.120. The molecule has 0 aliphatic heterocycles. The molecule has 1 heterocycles. The lowest BCUT2D eigenvalue weighted by Gasteiger charge is -2.08. The van der Waals surface area contributed by atoms with Crippen molar-refractivity contribution in [3.63, 3.8) is 0 Å². The lowest BCUT2D eigenvalue weighted by atomic mass is 10.1. The van der Waals surface area contributed by atoms with Gasteiger partial charge in [0.1, 0.15) is 0 Å². The number of hydrogen-bond acceptors (Lipinski definition) is 2. The van der Waals surface area contributed by atoms with E-state index in [1.165, 1.54) is 16.7 Å². The van der Waals surface area contributed by atoms with Crippen LogP contribution in [0.5, 0.6) is 0 Å². The quantitative estimate of drug-likeness (QED) is 0.362. The normalized spacial score (nSPS) is 11.3. The molecule has 0 fully saturated rings. The highest BCUT2D eigenvalue weighted by Gasteiger charge is 2.08. The van der Waals surface area contributed by atoms with Crippen LogP contribution in [0.3, 0.4) is 0 Å². The zero-order valence-corrected chi connectivity index (χ0v) is 17.3. The fourth-order valence-electron chi connectivity index (χ4n) is 3.58. The molecule has 1 aromatic heterocycles. The Balaban J connectivity index is 1.50. The van der Waals surface area contributed by atoms with Crippen molar-refractivity contribution in [1.82, 2.24) is 9.99 Å². The monoisotopic (exact) mass is 395 g/mol. The van der Waals surface area contributed by atoms with Gasteiger partial charge in [0.2, 0.25) is 5.91 Å². The third-order valence-electron chi connectivity index (χ3n) is 5.30. The Morgan fingerprint density at radius 1 is 0.967 bits per heavy atom. The molecule has 150 valence electrons. The fraction of sp³-hybridized carbons (Fsp3) is 0.154. The summed E-state index contributed by atoms with van der Waals surface area (Å²) in [7, 11) is 0. The maximum Gasteiger partial charge on any atom is 0.244 e. The van der Waals surface area contributed by atoms with Crippen LogP contribution < -0.4 is 5.43 Å². The number of fused-ring (bicyclic) bond motifs is 1. The average Bonchev–Trinajstić information content (AvgIpc) is 3.09. The van der Waals surface area contributed by atoms with Crippen LogP contribution in [0.1, 0.15) is 27.8 Å². The van der Waals surface area contributed by atoms with E-state index in [9.17, 15) is 4.79 Å². The first-order chi connectivity index (χ1) is 14.6. The smallest absolute Gasteiger partial charge is 0.244 e. The van der Waals surface area contributed by atoms with Crippen LogP contribution in [-0.4, -0.2) is 16.7 Å². The third-order valence-corrected chi connectivity index (χ3v) is 5.30. The van der Waals surface area contributed by atoms with Crippen LogP contribution in [0.2, 0.25) is 0 Å². The summed E-state index contributed by atoms with van der Waals surface area (Å²) in [5.74, 6) is -0.126. The van der Waals surface area contributed by atoms with Crippen LogP contribution in [0, 0.1) is 13.8 Å². The van der Waals surface area contributed by atoms with E-state index in [2.05, 4.69) is 64.6 Å². The summed E-state index contributed by atoms with van der Waals surface area (Å²) in [6.45, 7) is 4.96. The standard InChI is InChI=1S/C26H25N3O/c1-19-11-13-21(14-12-19)15-26(30)28-27-16-23-18-29(25-10-6-5-9-24(23)25)17-22-8-4-3-7-20(22)2/h3-14,16,18H,15,17H2,1-2H3,(H,28,30)/b27-16-. The number of nitrogens with zero attached hydrogens (tertiary/aromatic N) is 2. The minimum absolute atomic E-state index is 0.126. The maximum absolute atomic E-state index is 12.2. The molecule has 0 saturated carbocycles. The van der Waals surface area contributed by atoms with Crippen molar-refractivity contribution in [3.8, 4) is 0 Å². The van der Waals surface area contributed by atoms with Gasteiger partial charge >= 0.3 is 0 Å². The van der Waals surface area contributed by atoms with Crippen molar-refractivity contribution in [2.75, 3.05) is 0 Å². The first-order valence-corrected chi connectivity index (χ1v) is 10.1. The number of aryl methyl sites for hydroxylation is 2. The SMILES string of the molecule is Cc1ccc(CC(=O)N/N=C\c2cn(Cc3ccccc3C)c3ccccc23)cc1. The van der Waals surface area contributed by atoms with E-state index >= 15 is 0 Å². The molecule has 0 aliphatic carbocycles. The molecule has 4 nitrogen and oxygen atoms in total. The first-order valence-electron chi connectivity index (χ1n) is 10.1. The Bertz CT molecular complexity index is 1200. The molecule has 0 saturated heterocycles. The van der Waals surface area contributed by atoms with Crippen LogP contribution in [0.25, 0.3) is 10.9 Å². The van der Waals surface area contributed by atoms with Gasteiger partial charge in [-0.3, -0.25) is 4.79 Å². The van der Waals surface area contributed by atoms with Gasteiger partial charge in [0, 0.05) is 29.2 Å². The molecule has 0 bridgehead atoms. The molecule has 0 unspecified atom stereocenters. The maximum atomic E-state index is 12.2. The average molecular weight is 396 g/mol. The summed E-state index contributed by atoms with van der Waals surface area (Å²) in [6.07, 6.45) is 4.13. The Morgan fingerprint density at radius 3 is 2.50 bits per heavy atom. The Morgan fingerprint density at radius 2 is 1.70 bits per heavy atom. The van der Waals surface area contributed by atoms with E-state index in [4.69, 9.17) is 0 Å². The van der Waals surface area contributed by atoms with Crippen molar-refractivity contribution in [1.29, 1.82) is 0 Å². The molecule has 4 heteroatoms. The zero-order chi connectivity index (χ0) is 20.9. The molecule has 3 aromatic carbocycles. The number of rotatable bonds is 6. The summed E-state index contributed by atoms with van der Waals surface area (Å²) in [5.41, 5.74) is 9.49. The van der Waals surface area contributed by atoms with Crippen molar-refractivity contribution in [2.45, 2.75) is 26.8 Å². The second-order valence-electron chi connectivity index (χ2n) is 7.61. The highest BCUT2D eigenvalue weighted by molar-refractivity contribution is 5.99. The molecular formula is C26H25N3O. The summed E-state index contributed by atoms with van der Waals surface area (Å²) < 4.78 is 2.23. The van der Waals surface area contributed by atoms with Crippen molar-refractivity contribution >= 4 is 23.0 Å². The third kappa shape index (κ3) is 4.49. The first kappa shape index (κ1) is 19.6. The molecular weight excluding hydrogens is 370 g/mol. The lowest BCUT2D eigenvalue weighted by Crippen LogP contribution is -2.19. The minimum Gasteiger partial charge on any atom is -0.342 e. The molecule has 0 spiro atoms. The van der Waals surface area contributed by atoms with Gasteiger partial charge in [0.05, 0.1) is 12.6 Å². The van der Waals surface area contributed by atoms with E-state index in [1.807, 2.05) is 43.3 Å². The molecule has 0 atom stereocenters. The summed E-state index contributed by atoms with van der Waals surface area (Å²) >= 11 is 0. The molecule has 1 N–H and O–H groups in total. The number of aromatic nitrogens is 1. The number of carbonyl (C=O) groups is 1. The summed E-state index contributed by atoms with van der Waals surface area (Å²) in [5, 5.41) is 5.32. The van der Waals surface area contributed by atoms with Crippen LogP contribution in [0.4, 0.5) is 0 Å². The van der Waals surface area contributed by atoms with Crippen molar-refractivity contribution in [2.24, 2.45) is 5.10 Å². The molecule has 0 aliphatic rings. The number of hydrazone groups is 1. The van der Waals surface area contributed by atoms with Crippen molar-refractivity contribution in [3.05, 3.63) is 107 Å². The minimum atomic E-state index is -0.126. The van der Waals surface area contributed by atoms with Crippen LogP contribution in [0.15, 0.2) is 84.1 Å². The van der Waals surface area contributed by atoms with Gasteiger partial charge in [-0.1, -0.05) is 72.3 Å². The molecule has 1 amide bonds. The number of nitrogens with one attached hydrogen (secondary N) is 1. The molecule has 30 heavy (non-hydrogen) atoms. The Kier molecular flexibility index (Phi) is 5.75. The van der Waals surface area contributed by atoms with E-state index in [1.54, 1.807) is 6.21 Å². The summed E-state index contributed by atoms with van der Waals surface area (Å²) in [6, 6.07) is 24.6. The van der Waals surface area contributed by atoms with Gasteiger partial charge in [-0.2, -0.15) is 5.10 Å². The van der Waals surface area contributed by atoms with E-state index in [0.717, 1.165) is 28.6 Å². The Labute approximate surface area is 176 Å². The van der Waals surface area contributed by atoms with Crippen LogP contribution >= 0.6 is 0 Å². The predicted octanol–water partition coefficient (Wildman–Crippen LogP) is 5.00. The van der Waals surface area contributed by atoms with E-state index in [0.29, 0.717) is 6.42 Å². The number of benzene rings is 3. The molecule has 4 aromatic rings. The van der Waals surface area contributed by atoms with Gasteiger partial charge < -0.3 is 4.57 Å². The highest BCUT2D eigenvalue weighted by Crippen LogP contribution is 2.22. The van der Waals surface area contributed by atoms with E-state index < -0.39 is 0 Å². The molecule has 0 radical (unpaired) electrons. The van der Waals surface area contributed by atoms with Gasteiger partial charge in [-0.05, 0) is 36.6 Å². The largest absolute Gasteiger partial charge is 0.342 e. The number of hydrogen-bond donors (Lipinski definition) is 1. The predicted molar refractivity (Wildman–Crippen MR) is 123 cm³/mol.